The minimum Gasteiger partial charge on any atom is -0.348 e. The maximum absolute atomic E-state index is 13.0. The van der Waals surface area contributed by atoms with Crippen LogP contribution in [-0.4, -0.2) is 44.9 Å². The summed E-state index contributed by atoms with van der Waals surface area (Å²) < 4.78 is 13.0. The molecule has 4 nitrogen and oxygen atoms in total. The van der Waals surface area contributed by atoms with Gasteiger partial charge in [0.15, 0.2) is 0 Å². The van der Waals surface area contributed by atoms with Crippen molar-refractivity contribution >= 4 is 0 Å². The molecule has 2 aliphatic heterocycles. The van der Waals surface area contributed by atoms with Crippen LogP contribution in [0.4, 0.5) is 4.39 Å². The SMILES string of the molecule is Cc1[nH]cnc1CN1CCC2(CCN2Cc2ccc(F)cc2)C1. The Labute approximate surface area is 136 Å². The molecule has 3 heterocycles. The molecule has 1 unspecified atom stereocenters. The van der Waals surface area contributed by atoms with Gasteiger partial charge >= 0.3 is 0 Å². The number of halogens is 1. The van der Waals surface area contributed by atoms with Gasteiger partial charge in [0.25, 0.3) is 0 Å². The van der Waals surface area contributed by atoms with Gasteiger partial charge in [-0.2, -0.15) is 0 Å². The smallest absolute Gasteiger partial charge is 0.123 e. The lowest BCUT2D eigenvalue weighted by atomic mass is 9.83. The standard InChI is InChI=1S/C18H23FN4/c1-14-17(21-13-20-14)11-22-8-6-18(12-22)7-9-23(18)10-15-2-4-16(19)5-3-15/h2-5,13H,6-12H2,1H3,(H,20,21). The zero-order valence-electron chi connectivity index (χ0n) is 13.6. The van der Waals surface area contributed by atoms with E-state index >= 15 is 0 Å². The van der Waals surface area contributed by atoms with E-state index < -0.39 is 0 Å². The van der Waals surface area contributed by atoms with E-state index in [1.54, 1.807) is 18.5 Å². The number of hydrogen-bond donors (Lipinski definition) is 1. The highest BCUT2D eigenvalue weighted by Gasteiger charge is 2.48. The number of imidazole rings is 1. The molecular formula is C18H23FN4. The van der Waals surface area contributed by atoms with Crippen LogP contribution in [0.1, 0.15) is 29.8 Å². The minimum absolute atomic E-state index is 0.159. The molecule has 0 radical (unpaired) electrons. The number of aromatic nitrogens is 2. The summed E-state index contributed by atoms with van der Waals surface area (Å²) in [6, 6.07) is 6.93. The Morgan fingerprint density at radius 1 is 1.17 bits per heavy atom. The number of benzene rings is 1. The number of likely N-dealkylation sites (tertiary alicyclic amines) is 2. The molecule has 2 aromatic rings. The summed E-state index contributed by atoms with van der Waals surface area (Å²) in [5, 5.41) is 0. The number of H-pyrrole nitrogens is 1. The van der Waals surface area contributed by atoms with E-state index in [1.165, 1.54) is 24.1 Å². The summed E-state index contributed by atoms with van der Waals surface area (Å²) in [4.78, 5) is 12.7. The van der Waals surface area contributed by atoms with E-state index in [4.69, 9.17) is 0 Å². The van der Waals surface area contributed by atoms with Crippen molar-refractivity contribution in [3.05, 3.63) is 53.4 Å². The first-order valence-electron chi connectivity index (χ1n) is 8.35. The summed E-state index contributed by atoms with van der Waals surface area (Å²) in [5.74, 6) is -0.159. The predicted molar refractivity (Wildman–Crippen MR) is 87.4 cm³/mol. The van der Waals surface area contributed by atoms with E-state index in [2.05, 4.69) is 26.7 Å². The third kappa shape index (κ3) is 2.79. The first-order chi connectivity index (χ1) is 11.1. The van der Waals surface area contributed by atoms with Crippen LogP contribution >= 0.6 is 0 Å². The highest BCUT2D eigenvalue weighted by Crippen LogP contribution is 2.40. The number of aromatic amines is 1. The van der Waals surface area contributed by atoms with Gasteiger partial charge in [-0.1, -0.05) is 12.1 Å². The van der Waals surface area contributed by atoms with Crippen LogP contribution in [0, 0.1) is 12.7 Å². The Balaban J connectivity index is 1.39. The van der Waals surface area contributed by atoms with Crippen LogP contribution < -0.4 is 0 Å². The fraction of sp³-hybridized carbons (Fsp3) is 0.500. The van der Waals surface area contributed by atoms with Crippen molar-refractivity contribution in [1.29, 1.82) is 0 Å². The Morgan fingerprint density at radius 3 is 2.61 bits per heavy atom. The summed E-state index contributed by atoms with van der Waals surface area (Å²) in [6.07, 6.45) is 4.27. The monoisotopic (exact) mass is 314 g/mol. The van der Waals surface area contributed by atoms with E-state index in [9.17, 15) is 4.39 Å². The third-order valence-corrected chi connectivity index (χ3v) is 5.52. The molecule has 0 aliphatic carbocycles. The van der Waals surface area contributed by atoms with Crippen LogP contribution in [-0.2, 0) is 13.1 Å². The zero-order chi connectivity index (χ0) is 15.9. The molecule has 1 spiro atoms. The Kier molecular flexibility index (Phi) is 3.70. The topological polar surface area (TPSA) is 35.2 Å². The Morgan fingerprint density at radius 2 is 1.96 bits per heavy atom. The van der Waals surface area contributed by atoms with Crippen molar-refractivity contribution < 1.29 is 4.39 Å². The second kappa shape index (κ2) is 5.73. The predicted octanol–water partition coefficient (Wildman–Crippen LogP) is 2.71. The summed E-state index contributed by atoms with van der Waals surface area (Å²) in [5.41, 5.74) is 3.85. The van der Waals surface area contributed by atoms with Crippen molar-refractivity contribution in [2.75, 3.05) is 19.6 Å². The van der Waals surface area contributed by atoms with Crippen molar-refractivity contribution in [3.8, 4) is 0 Å². The van der Waals surface area contributed by atoms with Gasteiger partial charge in [-0.15, -0.1) is 0 Å². The van der Waals surface area contributed by atoms with Crippen LogP contribution in [0.3, 0.4) is 0 Å². The number of aryl methyl sites for hydroxylation is 1. The largest absolute Gasteiger partial charge is 0.348 e. The van der Waals surface area contributed by atoms with Gasteiger partial charge in [0.1, 0.15) is 5.82 Å². The van der Waals surface area contributed by atoms with Gasteiger partial charge in [-0.05, 0) is 37.5 Å². The Bertz CT molecular complexity index is 681. The second-order valence-electron chi connectivity index (χ2n) is 6.96. The number of hydrogen-bond acceptors (Lipinski definition) is 3. The van der Waals surface area contributed by atoms with Crippen LogP contribution in [0.5, 0.6) is 0 Å². The summed E-state index contributed by atoms with van der Waals surface area (Å²) in [6.45, 7) is 7.33. The molecule has 5 heteroatoms. The molecule has 1 N–H and O–H groups in total. The fourth-order valence-electron chi connectivity index (χ4n) is 3.94. The molecule has 23 heavy (non-hydrogen) atoms. The van der Waals surface area contributed by atoms with Gasteiger partial charge < -0.3 is 4.98 Å². The van der Waals surface area contributed by atoms with E-state index in [0.717, 1.165) is 38.4 Å². The lowest BCUT2D eigenvalue weighted by molar-refractivity contribution is -0.0146. The van der Waals surface area contributed by atoms with E-state index in [0.29, 0.717) is 5.54 Å². The number of nitrogens with zero attached hydrogens (tertiary/aromatic N) is 3. The van der Waals surface area contributed by atoms with Crippen LogP contribution in [0.15, 0.2) is 30.6 Å². The van der Waals surface area contributed by atoms with Gasteiger partial charge in [-0.3, -0.25) is 9.80 Å². The maximum Gasteiger partial charge on any atom is 0.123 e. The molecule has 1 aromatic heterocycles. The molecule has 1 aromatic carbocycles. The summed E-state index contributed by atoms with van der Waals surface area (Å²) in [7, 11) is 0. The zero-order valence-corrected chi connectivity index (χ0v) is 13.6. The van der Waals surface area contributed by atoms with Crippen molar-refractivity contribution in [2.24, 2.45) is 0 Å². The average molecular weight is 314 g/mol. The van der Waals surface area contributed by atoms with Crippen molar-refractivity contribution in [3.63, 3.8) is 0 Å². The van der Waals surface area contributed by atoms with Crippen molar-refractivity contribution in [1.82, 2.24) is 19.8 Å². The second-order valence-corrected chi connectivity index (χ2v) is 6.96. The third-order valence-electron chi connectivity index (χ3n) is 5.52. The average Bonchev–Trinajstić information content (AvgIpc) is 3.15. The van der Waals surface area contributed by atoms with Gasteiger partial charge in [-0.25, -0.2) is 9.37 Å². The lowest BCUT2D eigenvalue weighted by Gasteiger charge is -2.51. The quantitative estimate of drug-likeness (QED) is 0.942. The fourth-order valence-corrected chi connectivity index (χ4v) is 3.94. The number of rotatable bonds is 4. The maximum atomic E-state index is 13.0. The van der Waals surface area contributed by atoms with Crippen LogP contribution in [0.2, 0.25) is 0 Å². The first kappa shape index (κ1) is 14.8. The minimum atomic E-state index is -0.159. The van der Waals surface area contributed by atoms with Gasteiger partial charge in [0.05, 0.1) is 12.0 Å². The first-order valence-corrected chi connectivity index (χ1v) is 8.35. The molecule has 2 aliphatic rings. The molecule has 1 atom stereocenters. The molecule has 122 valence electrons. The normalized spacial score (nSPS) is 25.1. The van der Waals surface area contributed by atoms with E-state index in [-0.39, 0.29) is 5.82 Å². The van der Waals surface area contributed by atoms with E-state index in [1.807, 2.05) is 12.1 Å². The lowest BCUT2D eigenvalue weighted by Crippen LogP contribution is -2.60. The van der Waals surface area contributed by atoms with Crippen LogP contribution in [0.25, 0.3) is 0 Å². The Hall–Kier alpha value is -1.72. The summed E-state index contributed by atoms with van der Waals surface area (Å²) >= 11 is 0. The molecule has 0 saturated carbocycles. The van der Waals surface area contributed by atoms with Gasteiger partial charge in [0, 0.05) is 44.0 Å². The van der Waals surface area contributed by atoms with Crippen molar-refractivity contribution in [2.45, 2.75) is 38.4 Å². The molecule has 2 saturated heterocycles. The molecule has 2 fully saturated rings. The molecule has 0 bridgehead atoms. The highest BCUT2D eigenvalue weighted by molar-refractivity contribution is 5.18. The van der Waals surface area contributed by atoms with Gasteiger partial charge in [0.2, 0.25) is 0 Å². The highest BCUT2D eigenvalue weighted by atomic mass is 19.1. The number of nitrogens with one attached hydrogen (secondary N) is 1. The molecule has 4 rings (SSSR count). The molecule has 0 amide bonds. The molecular weight excluding hydrogens is 291 g/mol.